The van der Waals surface area contributed by atoms with E-state index in [-0.39, 0.29) is 16.2 Å². The monoisotopic (exact) mass is 450 g/mol. The van der Waals surface area contributed by atoms with Gasteiger partial charge in [0.05, 0.1) is 26.4 Å². The highest BCUT2D eigenvalue weighted by atomic mass is 32.2. The molecule has 158 valence electrons. The number of sulfone groups is 1. The number of nitrogens with zero attached hydrogens (tertiary/aromatic N) is 1. The highest BCUT2D eigenvalue weighted by Crippen LogP contribution is 2.31. The molecular formula is C24H22N2O3S2. The molecule has 0 aliphatic heterocycles. The molecule has 0 saturated heterocycles. The Bertz CT molecular complexity index is 1360. The SMILES string of the molecule is CCCS(=O)(=O)c1ccccc1C(=O)Nc1ccc(-c2nc3ccc(C)cc3s2)cc1. The summed E-state index contributed by atoms with van der Waals surface area (Å²) in [4.78, 5) is 17.6. The van der Waals surface area contributed by atoms with Gasteiger partial charge >= 0.3 is 0 Å². The van der Waals surface area contributed by atoms with Gasteiger partial charge in [-0.3, -0.25) is 4.79 Å². The van der Waals surface area contributed by atoms with Crippen LogP contribution in [0.25, 0.3) is 20.8 Å². The summed E-state index contributed by atoms with van der Waals surface area (Å²) in [7, 11) is -3.50. The van der Waals surface area contributed by atoms with E-state index in [1.165, 1.54) is 17.7 Å². The fourth-order valence-electron chi connectivity index (χ4n) is 3.35. The van der Waals surface area contributed by atoms with Crippen molar-refractivity contribution >= 4 is 43.0 Å². The molecule has 0 aliphatic rings. The zero-order chi connectivity index (χ0) is 22.0. The third-order valence-corrected chi connectivity index (χ3v) is 7.91. The molecule has 0 atom stereocenters. The van der Waals surface area contributed by atoms with Crippen LogP contribution in [0.4, 0.5) is 5.69 Å². The first-order valence-corrected chi connectivity index (χ1v) is 12.4. The van der Waals surface area contributed by atoms with E-state index < -0.39 is 15.7 Å². The Morgan fingerprint density at radius 3 is 2.52 bits per heavy atom. The summed E-state index contributed by atoms with van der Waals surface area (Å²) in [6.45, 7) is 3.86. The zero-order valence-corrected chi connectivity index (χ0v) is 18.9. The van der Waals surface area contributed by atoms with Crippen molar-refractivity contribution in [1.82, 2.24) is 4.98 Å². The van der Waals surface area contributed by atoms with E-state index >= 15 is 0 Å². The van der Waals surface area contributed by atoms with Gasteiger partial charge in [0.1, 0.15) is 5.01 Å². The van der Waals surface area contributed by atoms with Gasteiger partial charge in [-0.1, -0.05) is 25.1 Å². The molecule has 0 spiro atoms. The van der Waals surface area contributed by atoms with Crippen LogP contribution in [0.15, 0.2) is 71.6 Å². The van der Waals surface area contributed by atoms with Crippen LogP contribution in [0.3, 0.4) is 0 Å². The molecule has 1 N–H and O–H groups in total. The average molecular weight is 451 g/mol. The summed E-state index contributed by atoms with van der Waals surface area (Å²) in [6.07, 6.45) is 0.491. The van der Waals surface area contributed by atoms with Crippen LogP contribution in [0.1, 0.15) is 29.3 Å². The highest BCUT2D eigenvalue weighted by Gasteiger charge is 2.21. The topological polar surface area (TPSA) is 76.1 Å². The molecular weight excluding hydrogens is 428 g/mol. The molecule has 0 unspecified atom stereocenters. The standard InChI is InChI=1S/C24H22N2O3S2/c1-3-14-31(28,29)22-7-5-4-6-19(22)23(27)25-18-11-9-17(10-12-18)24-26-20-13-8-16(2)15-21(20)30-24/h4-13,15H,3,14H2,1-2H3,(H,25,27). The second-order valence-electron chi connectivity index (χ2n) is 7.34. The van der Waals surface area contributed by atoms with Gasteiger partial charge < -0.3 is 5.32 Å². The van der Waals surface area contributed by atoms with Gasteiger partial charge in [0.15, 0.2) is 9.84 Å². The molecule has 0 aliphatic carbocycles. The third kappa shape index (κ3) is 4.52. The van der Waals surface area contributed by atoms with Crippen molar-refractivity contribution in [3.05, 3.63) is 77.9 Å². The number of benzene rings is 3. The number of amides is 1. The van der Waals surface area contributed by atoms with Gasteiger partial charge in [0, 0.05) is 11.3 Å². The van der Waals surface area contributed by atoms with E-state index in [9.17, 15) is 13.2 Å². The minimum absolute atomic E-state index is 0.00762. The lowest BCUT2D eigenvalue weighted by atomic mass is 10.2. The fraction of sp³-hybridized carbons (Fsp3) is 0.167. The summed E-state index contributed by atoms with van der Waals surface area (Å²) in [5.74, 6) is -0.438. The minimum atomic E-state index is -3.50. The molecule has 0 fully saturated rings. The number of aryl methyl sites for hydroxylation is 1. The first kappa shape index (κ1) is 21.2. The number of nitrogens with one attached hydrogen (secondary N) is 1. The molecule has 4 aromatic rings. The third-order valence-electron chi connectivity index (χ3n) is 4.87. The number of thiazole rings is 1. The van der Waals surface area contributed by atoms with E-state index in [0.29, 0.717) is 12.1 Å². The number of aromatic nitrogens is 1. The van der Waals surface area contributed by atoms with Crippen LogP contribution in [-0.2, 0) is 9.84 Å². The van der Waals surface area contributed by atoms with Crippen LogP contribution < -0.4 is 5.32 Å². The molecule has 4 rings (SSSR count). The van der Waals surface area contributed by atoms with Crippen LogP contribution in [0.5, 0.6) is 0 Å². The van der Waals surface area contributed by atoms with Gasteiger partial charge in [0.25, 0.3) is 5.91 Å². The number of rotatable bonds is 6. The minimum Gasteiger partial charge on any atom is -0.322 e. The largest absolute Gasteiger partial charge is 0.322 e. The van der Waals surface area contributed by atoms with Crippen molar-refractivity contribution in [2.75, 3.05) is 11.1 Å². The number of carbonyl (C=O) groups excluding carboxylic acids is 1. The Morgan fingerprint density at radius 2 is 1.77 bits per heavy atom. The van der Waals surface area contributed by atoms with Gasteiger partial charge in [-0.15, -0.1) is 11.3 Å². The number of fused-ring (bicyclic) bond motifs is 1. The van der Waals surface area contributed by atoms with Crippen molar-refractivity contribution < 1.29 is 13.2 Å². The van der Waals surface area contributed by atoms with Crippen molar-refractivity contribution in [2.24, 2.45) is 0 Å². The van der Waals surface area contributed by atoms with Crippen LogP contribution in [0.2, 0.25) is 0 Å². The lowest BCUT2D eigenvalue weighted by Gasteiger charge is -2.11. The lowest BCUT2D eigenvalue weighted by molar-refractivity contribution is 0.102. The van der Waals surface area contributed by atoms with E-state index in [1.807, 2.05) is 24.3 Å². The Hall–Kier alpha value is -3.03. The summed E-state index contributed by atoms with van der Waals surface area (Å²) < 4.78 is 26.2. The summed E-state index contributed by atoms with van der Waals surface area (Å²) in [6, 6.07) is 19.9. The average Bonchev–Trinajstić information content (AvgIpc) is 3.17. The predicted octanol–water partition coefficient (Wildman–Crippen LogP) is 5.71. The normalized spacial score (nSPS) is 11.5. The fourth-order valence-corrected chi connectivity index (χ4v) is 5.96. The number of hydrogen-bond donors (Lipinski definition) is 1. The summed E-state index contributed by atoms with van der Waals surface area (Å²) in [5.41, 5.74) is 3.87. The van der Waals surface area contributed by atoms with Crippen molar-refractivity contribution in [1.29, 1.82) is 0 Å². The van der Waals surface area contributed by atoms with Crippen molar-refractivity contribution in [3.8, 4) is 10.6 Å². The second kappa shape index (κ2) is 8.61. The molecule has 1 aromatic heterocycles. The van der Waals surface area contributed by atoms with E-state index in [2.05, 4.69) is 23.3 Å². The molecule has 31 heavy (non-hydrogen) atoms. The molecule has 0 radical (unpaired) electrons. The summed E-state index contributed by atoms with van der Waals surface area (Å²) >= 11 is 1.63. The van der Waals surface area contributed by atoms with Crippen molar-refractivity contribution in [3.63, 3.8) is 0 Å². The van der Waals surface area contributed by atoms with Crippen molar-refractivity contribution in [2.45, 2.75) is 25.2 Å². The first-order valence-electron chi connectivity index (χ1n) is 9.98. The quantitative estimate of drug-likeness (QED) is 0.408. The maximum absolute atomic E-state index is 12.8. The van der Waals surface area contributed by atoms with Gasteiger partial charge in [-0.2, -0.15) is 0 Å². The Kier molecular flexibility index (Phi) is 5.89. The predicted molar refractivity (Wildman–Crippen MR) is 127 cm³/mol. The van der Waals surface area contributed by atoms with Crippen LogP contribution >= 0.6 is 11.3 Å². The first-order chi connectivity index (χ1) is 14.9. The molecule has 7 heteroatoms. The maximum Gasteiger partial charge on any atom is 0.256 e. The van der Waals surface area contributed by atoms with Gasteiger partial charge in [-0.25, -0.2) is 13.4 Å². The van der Waals surface area contributed by atoms with E-state index in [1.54, 1.807) is 42.5 Å². The number of carbonyl (C=O) groups is 1. The Balaban J connectivity index is 1.56. The maximum atomic E-state index is 12.8. The Morgan fingerprint density at radius 1 is 1.03 bits per heavy atom. The van der Waals surface area contributed by atoms with Crippen LogP contribution in [0, 0.1) is 6.92 Å². The molecule has 1 amide bonds. The molecule has 5 nitrogen and oxygen atoms in total. The van der Waals surface area contributed by atoms with Gasteiger partial charge in [-0.05, 0) is 67.4 Å². The van der Waals surface area contributed by atoms with E-state index in [4.69, 9.17) is 0 Å². The smallest absolute Gasteiger partial charge is 0.256 e. The lowest BCUT2D eigenvalue weighted by Crippen LogP contribution is -2.17. The number of anilines is 1. The van der Waals surface area contributed by atoms with Crippen LogP contribution in [-0.4, -0.2) is 25.1 Å². The molecule has 1 heterocycles. The zero-order valence-electron chi connectivity index (χ0n) is 17.3. The Labute approximate surface area is 185 Å². The number of hydrogen-bond acceptors (Lipinski definition) is 5. The summed E-state index contributed by atoms with van der Waals surface area (Å²) in [5, 5.41) is 3.72. The molecule has 0 saturated carbocycles. The second-order valence-corrected chi connectivity index (χ2v) is 10.4. The highest BCUT2D eigenvalue weighted by molar-refractivity contribution is 7.91. The molecule has 3 aromatic carbocycles. The van der Waals surface area contributed by atoms with Gasteiger partial charge in [0.2, 0.25) is 0 Å². The molecule has 0 bridgehead atoms. The van der Waals surface area contributed by atoms with E-state index in [0.717, 1.165) is 20.8 Å².